The number of nitrogens with one attached hydrogen (secondary N) is 4. The lowest BCUT2D eigenvalue weighted by atomic mass is 9.79. The van der Waals surface area contributed by atoms with Crippen LogP contribution >= 0.6 is 0 Å². The molecular weight excluding hydrogens is 404 g/mol. The lowest BCUT2D eigenvalue weighted by molar-refractivity contribution is 0.0928. The predicted octanol–water partition coefficient (Wildman–Crippen LogP) is 3.97. The van der Waals surface area contributed by atoms with E-state index < -0.39 is 0 Å². The second-order valence-corrected chi connectivity index (χ2v) is 8.48. The zero-order chi connectivity index (χ0) is 22.3. The van der Waals surface area contributed by atoms with E-state index >= 15 is 0 Å². The number of fused-ring (bicyclic) bond motifs is 2. The maximum Gasteiger partial charge on any atom is 0.259 e. The molecule has 32 heavy (non-hydrogen) atoms. The van der Waals surface area contributed by atoms with Gasteiger partial charge in [-0.1, -0.05) is 19.9 Å². The summed E-state index contributed by atoms with van der Waals surface area (Å²) in [5.74, 6) is -0.0206. The van der Waals surface area contributed by atoms with E-state index in [1.807, 2.05) is 30.3 Å². The van der Waals surface area contributed by atoms with Crippen molar-refractivity contribution in [3.8, 4) is 0 Å². The van der Waals surface area contributed by atoms with Gasteiger partial charge in [0.25, 0.3) is 11.8 Å². The number of H-pyrrole nitrogens is 1. The summed E-state index contributed by atoms with van der Waals surface area (Å²) in [4.78, 5) is 29.8. The minimum Gasteiger partial charge on any atom is -0.351 e. The van der Waals surface area contributed by atoms with Crippen LogP contribution in [0.1, 0.15) is 40.1 Å². The molecule has 5 rings (SSSR count). The number of benzene rings is 2. The summed E-state index contributed by atoms with van der Waals surface area (Å²) in [6, 6.07) is 14.6. The molecule has 0 fully saturated rings. The summed E-state index contributed by atoms with van der Waals surface area (Å²) in [5, 5.41) is 17.0. The minimum absolute atomic E-state index is 0.131. The van der Waals surface area contributed by atoms with Gasteiger partial charge in [0.2, 0.25) is 0 Å². The van der Waals surface area contributed by atoms with Gasteiger partial charge < -0.3 is 16.0 Å². The number of rotatable bonds is 4. The lowest BCUT2D eigenvalue weighted by Crippen LogP contribution is -2.43. The summed E-state index contributed by atoms with van der Waals surface area (Å²) in [5.41, 5.74) is 3.99. The maximum absolute atomic E-state index is 13.1. The monoisotopic (exact) mass is 426 g/mol. The Morgan fingerprint density at radius 1 is 1.09 bits per heavy atom. The molecule has 0 spiro atoms. The highest BCUT2D eigenvalue weighted by atomic mass is 16.2. The fourth-order valence-corrected chi connectivity index (χ4v) is 3.93. The normalized spacial score (nSPS) is 14.5. The number of amides is 2. The average Bonchev–Trinajstić information content (AvgIpc) is 3.25. The SMILES string of the molecule is CC1(C)CNC(=O)c2cc(NC(=O)c3cccnc3Nc3ccc4cn[nH]c4c3)ccc21. The average molecular weight is 426 g/mol. The molecule has 0 radical (unpaired) electrons. The molecule has 0 saturated carbocycles. The first-order valence-electron chi connectivity index (χ1n) is 10.3. The third kappa shape index (κ3) is 3.56. The molecule has 8 nitrogen and oxygen atoms in total. The molecule has 1 aliphatic heterocycles. The van der Waals surface area contributed by atoms with Crippen LogP contribution in [0.2, 0.25) is 0 Å². The molecule has 160 valence electrons. The third-order valence-corrected chi connectivity index (χ3v) is 5.70. The van der Waals surface area contributed by atoms with Crippen LogP contribution in [0.15, 0.2) is 60.9 Å². The van der Waals surface area contributed by atoms with Gasteiger partial charge in [-0.3, -0.25) is 14.7 Å². The fourth-order valence-electron chi connectivity index (χ4n) is 3.93. The smallest absolute Gasteiger partial charge is 0.259 e. The second kappa shape index (κ2) is 7.49. The van der Waals surface area contributed by atoms with Crippen LogP contribution < -0.4 is 16.0 Å². The number of anilines is 3. The zero-order valence-electron chi connectivity index (χ0n) is 17.7. The molecule has 4 N–H and O–H groups in total. The van der Waals surface area contributed by atoms with Gasteiger partial charge in [0.05, 0.1) is 17.3 Å². The Balaban J connectivity index is 1.41. The molecule has 1 aliphatic rings. The highest BCUT2D eigenvalue weighted by Gasteiger charge is 2.31. The fraction of sp³-hybridized carbons (Fsp3) is 0.167. The first-order chi connectivity index (χ1) is 15.4. The van der Waals surface area contributed by atoms with Gasteiger partial charge in [0.15, 0.2) is 0 Å². The molecule has 3 heterocycles. The minimum atomic E-state index is -0.321. The Morgan fingerprint density at radius 2 is 1.94 bits per heavy atom. The molecule has 0 unspecified atom stereocenters. The lowest BCUT2D eigenvalue weighted by Gasteiger charge is -2.32. The van der Waals surface area contributed by atoms with Crippen molar-refractivity contribution in [3.63, 3.8) is 0 Å². The number of aromatic nitrogens is 3. The van der Waals surface area contributed by atoms with Gasteiger partial charge in [0.1, 0.15) is 5.82 Å². The van der Waals surface area contributed by atoms with E-state index in [1.54, 1.807) is 30.6 Å². The molecule has 0 aliphatic carbocycles. The van der Waals surface area contributed by atoms with Crippen LogP contribution in [0.5, 0.6) is 0 Å². The summed E-state index contributed by atoms with van der Waals surface area (Å²) in [7, 11) is 0. The van der Waals surface area contributed by atoms with E-state index in [0.717, 1.165) is 22.2 Å². The molecular formula is C24H22N6O2. The standard InChI is InChI=1S/C24H22N6O2/c1-24(2)13-26-22(31)18-10-15(7-8-19(18)24)29-23(32)17-4-3-9-25-21(17)28-16-6-5-14-12-27-30-20(14)11-16/h3-12H,13H2,1-2H3,(H,25,28)(H,26,31)(H,27,30)(H,29,32). The quantitative estimate of drug-likeness (QED) is 0.394. The highest BCUT2D eigenvalue weighted by Crippen LogP contribution is 2.31. The number of nitrogens with zero attached hydrogens (tertiary/aromatic N) is 2. The van der Waals surface area contributed by atoms with Crippen molar-refractivity contribution in [2.75, 3.05) is 17.2 Å². The third-order valence-electron chi connectivity index (χ3n) is 5.70. The number of pyridine rings is 1. The molecule has 0 bridgehead atoms. The first-order valence-corrected chi connectivity index (χ1v) is 10.3. The van der Waals surface area contributed by atoms with Crippen molar-refractivity contribution in [2.45, 2.75) is 19.3 Å². The van der Waals surface area contributed by atoms with Crippen molar-refractivity contribution < 1.29 is 9.59 Å². The molecule has 2 aromatic carbocycles. The van der Waals surface area contributed by atoms with E-state index in [-0.39, 0.29) is 17.2 Å². The van der Waals surface area contributed by atoms with Gasteiger partial charge in [-0.15, -0.1) is 0 Å². The van der Waals surface area contributed by atoms with Crippen LogP contribution in [0, 0.1) is 0 Å². The van der Waals surface area contributed by atoms with Gasteiger partial charge in [-0.05, 0) is 48.0 Å². The molecule has 4 aromatic rings. The van der Waals surface area contributed by atoms with E-state index in [2.05, 4.69) is 45.0 Å². The van der Waals surface area contributed by atoms with Crippen molar-refractivity contribution in [3.05, 3.63) is 77.6 Å². The van der Waals surface area contributed by atoms with Crippen LogP contribution in [0.3, 0.4) is 0 Å². The largest absolute Gasteiger partial charge is 0.351 e. The van der Waals surface area contributed by atoms with Crippen LogP contribution in [0.4, 0.5) is 17.2 Å². The number of carbonyl (C=O) groups excluding carboxylic acids is 2. The van der Waals surface area contributed by atoms with E-state index in [0.29, 0.717) is 29.2 Å². The van der Waals surface area contributed by atoms with E-state index in [9.17, 15) is 9.59 Å². The van der Waals surface area contributed by atoms with E-state index in [4.69, 9.17) is 0 Å². The summed E-state index contributed by atoms with van der Waals surface area (Å²) < 4.78 is 0. The Hall–Kier alpha value is -4.20. The Kier molecular flexibility index (Phi) is 4.62. The van der Waals surface area contributed by atoms with Crippen molar-refractivity contribution in [1.82, 2.24) is 20.5 Å². The Morgan fingerprint density at radius 3 is 2.81 bits per heavy atom. The molecule has 2 amide bonds. The van der Waals surface area contributed by atoms with Gasteiger partial charge in [-0.2, -0.15) is 5.10 Å². The zero-order valence-corrected chi connectivity index (χ0v) is 17.7. The summed E-state index contributed by atoms with van der Waals surface area (Å²) in [6.45, 7) is 4.75. The van der Waals surface area contributed by atoms with Gasteiger partial charge in [0, 0.05) is 40.5 Å². The second-order valence-electron chi connectivity index (χ2n) is 8.48. The van der Waals surface area contributed by atoms with Gasteiger partial charge >= 0.3 is 0 Å². The summed E-state index contributed by atoms with van der Waals surface area (Å²) in [6.07, 6.45) is 3.37. The van der Waals surface area contributed by atoms with E-state index in [1.165, 1.54) is 0 Å². The van der Waals surface area contributed by atoms with Crippen LogP contribution in [-0.4, -0.2) is 33.5 Å². The molecule has 0 saturated heterocycles. The first kappa shape index (κ1) is 19.7. The molecule has 0 atom stereocenters. The number of aromatic amines is 1. The topological polar surface area (TPSA) is 112 Å². The number of hydrogen-bond donors (Lipinski definition) is 4. The number of hydrogen-bond acceptors (Lipinski definition) is 5. The Labute approximate surface area is 184 Å². The summed E-state index contributed by atoms with van der Waals surface area (Å²) >= 11 is 0. The molecule has 8 heteroatoms. The van der Waals surface area contributed by atoms with Crippen LogP contribution in [-0.2, 0) is 5.41 Å². The van der Waals surface area contributed by atoms with Crippen LogP contribution in [0.25, 0.3) is 10.9 Å². The predicted molar refractivity (Wildman–Crippen MR) is 123 cm³/mol. The molecule has 2 aromatic heterocycles. The highest BCUT2D eigenvalue weighted by molar-refractivity contribution is 6.08. The Bertz CT molecular complexity index is 1360. The van der Waals surface area contributed by atoms with Crippen molar-refractivity contribution >= 4 is 39.9 Å². The van der Waals surface area contributed by atoms with Gasteiger partial charge in [-0.25, -0.2) is 4.98 Å². The van der Waals surface area contributed by atoms with Crippen molar-refractivity contribution in [1.29, 1.82) is 0 Å². The maximum atomic E-state index is 13.1. The number of carbonyl (C=O) groups is 2. The van der Waals surface area contributed by atoms with Crippen molar-refractivity contribution in [2.24, 2.45) is 0 Å².